The van der Waals surface area contributed by atoms with Crippen LogP contribution >= 0.6 is 23.2 Å². The molecule has 0 radical (unpaired) electrons. The molecule has 0 saturated heterocycles. The average Bonchev–Trinajstić information content (AvgIpc) is 2.49. The second-order valence-electron chi connectivity index (χ2n) is 4.28. The van der Waals surface area contributed by atoms with Crippen LogP contribution in [0.3, 0.4) is 0 Å². The van der Waals surface area contributed by atoms with E-state index >= 15 is 0 Å². The topological polar surface area (TPSA) is 30.5 Å². The third kappa shape index (κ3) is 4.73. The van der Waals surface area contributed by atoms with Gasteiger partial charge in [0.05, 0.1) is 16.7 Å². The van der Waals surface area contributed by atoms with Crippen molar-refractivity contribution in [2.75, 3.05) is 25.1 Å². The van der Waals surface area contributed by atoms with Gasteiger partial charge in [-0.15, -0.1) is 0 Å². The Labute approximate surface area is 134 Å². The Morgan fingerprint density at radius 2 is 1.67 bits per heavy atom. The lowest BCUT2D eigenvalue weighted by Crippen LogP contribution is -2.12. The first kappa shape index (κ1) is 15.8. The molecule has 2 aromatic rings. The van der Waals surface area contributed by atoms with Gasteiger partial charge in [-0.3, -0.25) is 0 Å². The van der Waals surface area contributed by atoms with Crippen molar-refractivity contribution in [1.29, 1.82) is 0 Å². The Morgan fingerprint density at radius 3 is 2.33 bits per heavy atom. The van der Waals surface area contributed by atoms with Crippen molar-refractivity contribution in [1.82, 2.24) is 0 Å². The summed E-state index contributed by atoms with van der Waals surface area (Å²) in [6, 6.07) is 13.1. The molecular weight excluding hydrogens is 309 g/mol. The molecule has 0 heterocycles. The molecule has 0 unspecified atom stereocenters. The van der Waals surface area contributed by atoms with Gasteiger partial charge in [-0.25, -0.2) is 0 Å². The van der Waals surface area contributed by atoms with Crippen LogP contribution in [0.5, 0.6) is 11.5 Å². The second kappa shape index (κ2) is 8.01. The van der Waals surface area contributed by atoms with Crippen LogP contribution in [-0.2, 0) is 0 Å². The number of hydrogen-bond acceptors (Lipinski definition) is 3. The molecule has 112 valence electrons. The predicted octanol–water partition coefficient (Wildman–Crippen LogP) is 4.88. The minimum Gasteiger partial charge on any atom is -0.490 e. The molecule has 0 aliphatic carbocycles. The van der Waals surface area contributed by atoms with Crippen LogP contribution in [0.25, 0.3) is 0 Å². The molecule has 0 amide bonds. The van der Waals surface area contributed by atoms with E-state index in [0.29, 0.717) is 29.8 Å². The Hall–Kier alpha value is -1.58. The van der Waals surface area contributed by atoms with E-state index in [1.165, 1.54) is 0 Å². The second-order valence-corrected chi connectivity index (χ2v) is 5.10. The van der Waals surface area contributed by atoms with Gasteiger partial charge < -0.3 is 14.8 Å². The zero-order valence-corrected chi connectivity index (χ0v) is 13.2. The first-order chi connectivity index (χ1) is 10.2. The van der Waals surface area contributed by atoms with Gasteiger partial charge in [0.2, 0.25) is 0 Å². The monoisotopic (exact) mass is 325 g/mol. The molecule has 0 spiro atoms. The van der Waals surface area contributed by atoms with Crippen molar-refractivity contribution in [2.45, 2.75) is 6.92 Å². The number of halogens is 2. The standard InChI is InChI=1S/C16H17Cl2NO2/c1-2-20-15-5-3-4-6-16(15)21-10-9-19-12-7-8-13(17)14(18)11-12/h3-8,11,19H,2,9-10H2,1H3. The summed E-state index contributed by atoms with van der Waals surface area (Å²) in [5.74, 6) is 1.50. The number of hydrogen-bond donors (Lipinski definition) is 1. The maximum absolute atomic E-state index is 5.96. The highest BCUT2D eigenvalue weighted by molar-refractivity contribution is 6.42. The normalized spacial score (nSPS) is 10.2. The lowest BCUT2D eigenvalue weighted by molar-refractivity contribution is 0.284. The molecule has 0 saturated carbocycles. The van der Waals surface area contributed by atoms with E-state index in [1.807, 2.05) is 37.3 Å². The van der Waals surface area contributed by atoms with Crippen molar-refractivity contribution in [3.05, 3.63) is 52.5 Å². The highest BCUT2D eigenvalue weighted by atomic mass is 35.5. The molecule has 0 bridgehead atoms. The van der Waals surface area contributed by atoms with Crippen LogP contribution in [0.1, 0.15) is 6.92 Å². The molecule has 0 aromatic heterocycles. The molecule has 0 aliphatic rings. The summed E-state index contributed by atoms with van der Waals surface area (Å²) < 4.78 is 11.2. The number of ether oxygens (including phenoxy) is 2. The number of nitrogens with one attached hydrogen (secondary N) is 1. The van der Waals surface area contributed by atoms with Crippen molar-refractivity contribution in [2.24, 2.45) is 0 Å². The molecule has 2 aromatic carbocycles. The summed E-state index contributed by atoms with van der Waals surface area (Å²) in [6.07, 6.45) is 0. The van der Waals surface area contributed by atoms with E-state index in [1.54, 1.807) is 12.1 Å². The molecule has 0 aliphatic heterocycles. The largest absolute Gasteiger partial charge is 0.490 e. The molecular formula is C16H17Cl2NO2. The fraction of sp³-hybridized carbons (Fsp3) is 0.250. The van der Waals surface area contributed by atoms with Gasteiger partial charge in [0.15, 0.2) is 11.5 Å². The third-order valence-electron chi connectivity index (χ3n) is 2.76. The van der Waals surface area contributed by atoms with Crippen LogP contribution in [0.4, 0.5) is 5.69 Å². The van der Waals surface area contributed by atoms with Crippen molar-refractivity contribution in [3.8, 4) is 11.5 Å². The van der Waals surface area contributed by atoms with E-state index in [2.05, 4.69) is 5.32 Å². The summed E-state index contributed by atoms with van der Waals surface area (Å²) in [7, 11) is 0. The number of benzene rings is 2. The smallest absolute Gasteiger partial charge is 0.161 e. The number of anilines is 1. The fourth-order valence-corrected chi connectivity index (χ4v) is 2.10. The summed E-state index contributed by atoms with van der Waals surface area (Å²) >= 11 is 11.8. The van der Waals surface area contributed by atoms with Gasteiger partial charge in [0.1, 0.15) is 6.61 Å². The van der Waals surface area contributed by atoms with Crippen LogP contribution in [-0.4, -0.2) is 19.8 Å². The lowest BCUT2D eigenvalue weighted by atomic mass is 10.3. The van der Waals surface area contributed by atoms with E-state index in [0.717, 1.165) is 17.2 Å². The molecule has 5 heteroatoms. The number of rotatable bonds is 7. The van der Waals surface area contributed by atoms with Gasteiger partial charge in [0, 0.05) is 12.2 Å². The minimum atomic E-state index is 0.518. The first-order valence-corrected chi connectivity index (χ1v) is 7.50. The molecule has 0 fully saturated rings. The summed E-state index contributed by atoms with van der Waals surface area (Å²) in [5, 5.41) is 4.30. The Balaban J connectivity index is 1.83. The summed E-state index contributed by atoms with van der Waals surface area (Å²) in [4.78, 5) is 0. The molecule has 2 rings (SSSR count). The maximum Gasteiger partial charge on any atom is 0.161 e. The third-order valence-corrected chi connectivity index (χ3v) is 3.50. The van der Waals surface area contributed by atoms with E-state index in [-0.39, 0.29) is 0 Å². The van der Waals surface area contributed by atoms with E-state index in [9.17, 15) is 0 Å². The zero-order valence-electron chi connectivity index (χ0n) is 11.7. The molecule has 3 nitrogen and oxygen atoms in total. The Bertz CT molecular complexity index is 590. The zero-order chi connectivity index (χ0) is 15.1. The van der Waals surface area contributed by atoms with Gasteiger partial charge >= 0.3 is 0 Å². The van der Waals surface area contributed by atoms with Crippen molar-refractivity contribution in [3.63, 3.8) is 0 Å². The van der Waals surface area contributed by atoms with Gasteiger partial charge in [-0.05, 0) is 37.3 Å². The van der Waals surface area contributed by atoms with Gasteiger partial charge in [-0.1, -0.05) is 35.3 Å². The number of para-hydroxylation sites is 2. The maximum atomic E-state index is 5.96. The lowest BCUT2D eigenvalue weighted by Gasteiger charge is -2.12. The fourth-order valence-electron chi connectivity index (χ4n) is 1.81. The SMILES string of the molecule is CCOc1ccccc1OCCNc1ccc(Cl)c(Cl)c1. The molecule has 21 heavy (non-hydrogen) atoms. The summed E-state index contributed by atoms with van der Waals surface area (Å²) in [6.45, 7) is 3.73. The van der Waals surface area contributed by atoms with Crippen molar-refractivity contribution < 1.29 is 9.47 Å². The van der Waals surface area contributed by atoms with Crippen LogP contribution < -0.4 is 14.8 Å². The Morgan fingerprint density at radius 1 is 0.952 bits per heavy atom. The van der Waals surface area contributed by atoms with Gasteiger partial charge in [-0.2, -0.15) is 0 Å². The van der Waals surface area contributed by atoms with Crippen LogP contribution in [0.2, 0.25) is 10.0 Å². The minimum absolute atomic E-state index is 0.518. The van der Waals surface area contributed by atoms with E-state index in [4.69, 9.17) is 32.7 Å². The van der Waals surface area contributed by atoms with Crippen LogP contribution in [0, 0.1) is 0 Å². The van der Waals surface area contributed by atoms with Crippen LogP contribution in [0.15, 0.2) is 42.5 Å². The Kier molecular flexibility index (Phi) is 6.03. The highest BCUT2D eigenvalue weighted by Crippen LogP contribution is 2.27. The van der Waals surface area contributed by atoms with Crippen molar-refractivity contribution >= 4 is 28.9 Å². The quantitative estimate of drug-likeness (QED) is 0.735. The highest BCUT2D eigenvalue weighted by Gasteiger charge is 2.03. The molecule has 0 atom stereocenters. The van der Waals surface area contributed by atoms with Gasteiger partial charge in [0.25, 0.3) is 0 Å². The molecule has 1 N–H and O–H groups in total. The summed E-state index contributed by atoms with van der Waals surface area (Å²) in [5.41, 5.74) is 0.908. The van der Waals surface area contributed by atoms with E-state index < -0.39 is 0 Å². The first-order valence-electron chi connectivity index (χ1n) is 6.74. The average molecular weight is 326 g/mol. The predicted molar refractivity (Wildman–Crippen MR) is 88.1 cm³/mol.